The first-order valence-corrected chi connectivity index (χ1v) is 10.1. The number of nitrogens with one attached hydrogen (secondary N) is 3. The molecule has 0 radical (unpaired) electrons. The number of hydrogen-bond donors (Lipinski definition) is 3. The fourth-order valence-corrected chi connectivity index (χ4v) is 4.55. The van der Waals surface area contributed by atoms with E-state index in [9.17, 15) is 9.59 Å². The third-order valence-electron chi connectivity index (χ3n) is 5.94. The highest BCUT2D eigenvalue weighted by molar-refractivity contribution is 6.35. The maximum Gasteiger partial charge on any atom is 0.250 e. The molecule has 2 aliphatic heterocycles. The molecular weight excluding hydrogens is 390 g/mol. The third-order valence-corrected chi connectivity index (χ3v) is 6.25. The van der Waals surface area contributed by atoms with Crippen LogP contribution in [0.3, 0.4) is 0 Å². The van der Waals surface area contributed by atoms with Crippen LogP contribution in [-0.4, -0.2) is 25.0 Å². The van der Waals surface area contributed by atoms with Crippen LogP contribution in [0, 0.1) is 11.8 Å². The highest BCUT2D eigenvalue weighted by Crippen LogP contribution is 2.50. The Hall–Kier alpha value is -2.57. The van der Waals surface area contributed by atoms with Crippen LogP contribution >= 0.6 is 11.6 Å². The van der Waals surface area contributed by atoms with Crippen molar-refractivity contribution in [3.63, 3.8) is 0 Å². The van der Waals surface area contributed by atoms with Crippen LogP contribution in [0.5, 0.6) is 5.75 Å². The van der Waals surface area contributed by atoms with Gasteiger partial charge in [-0.2, -0.15) is 0 Å². The van der Waals surface area contributed by atoms with Gasteiger partial charge in [-0.05, 0) is 42.7 Å². The van der Waals surface area contributed by atoms with Crippen molar-refractivity contribution in [2.24, 2.45) is 11.8 Å². The largest absolute Gasteiger partial charge is 0.497 e. The Balaban J connectivity index is 1.71. The van der Waals surface area contributed by atoms with Crippen molar-refractivity contribution < 1.29 is 14.3 Å². The van der Waals surface area contributed by atoms with Crippen LogP contribution in [-0.2, 0) is 15.1 Å². The molecule has 4 rings (SSSR count). The Kier molecular flexibility index (Phi) is 5.00. The number of methoxy groups -OCH3 is 1. The topological polar surface area (TPSA) is 79.5 Å². The SMILES string of the molecule is COc1ccc(NC(=O)[C@@H]2C[C@@H](C(C)C)N[C@@]23C(=O)Nc2c(Cl)cccc23)cc1. The van der Waals surface area contributed by atoms with Crippen molar-refractivity contribution in [3.8, 4) is 5.75 Å². The number of anilines is 2. The lowest BCUT2D eigenvalue weighted by Crippen LogP contribution is -2.52. The smallest absolute Gasteiger partial charge is 0.250 e. The van der Waals surface area contributed by atoms with Gasteiger partial charge in [0.25, 0.3) is 0 Å². The van der Waals surface area contributed by atoms with Gasteiger partial charge in [-0.3, -0.25) is 14.9 Å². The van der Waals surface area contributed by atoms with E-state index < -0.39 is 11.5 Å². The van der Waals surface area contributed by atoms with Crippen LogP contribution in [0.2, 0.25) is 5.02 Å². The van der Waals surface area contributed by atoms with Gasteiger partial charge in [-0.1, -0.05) is 37.6 Å². The standard InChI is InChI=1S/C22H24ClN3O3/c1-12(2)18-11-16(20(27)24-13-7-9-14(29-3)10-8-13)22(26-18)15-5-4-6-17(23)19(15)25-21(22)28/h4-10,12,16,18,26H,11H2,1-3H3,(H,24,27)(H,25,28)/t16-,18-,22+/m0/s1. The van der Waals surface area contributed by atoms with Crippen LogP contribution in [0.4, 0.5) is 11.4 Å². The molecule has 7 heteroatoms. The van der Waals surface area contributed by atoms with Gasteiger partial charge in [-0.25, -0.2) is 0 Å². The molecule has 6 nitrogen and oxygen atoms in total. The molecule has 2 amide bonds. The van der Waals surface area contributed by atoms with E-state index >= 15 is 0 Å². The maximum absolute atomic E-state index is 13.3. The van der Waals surface area contributed by atoms with Crippen LogP contribution in [0.1, 0.15) is 25.8 Å². The number of fused-ring (bicyclic) bond motifs is 2. The molecule has 2 aromatic carbocycles. The first-order chi connectivity index (χ1) is 13.9. The van der Waals surface area contributed by atoms with E-state index in [2.05, 4.69) is 29.8 Å². The molecule has 1 saturated heterocycles. The molecular formula is C22H24ClN3O3. The van der Waals surface area contributed by atoms with Gasteiger partial charge in [0.2, 0.25) is 11.8 Å². The lowest BCUT2D eigenvalue weighted by atomic mass is 9.79. The minimum atomic E-state index is -1.13. The van der Waals surface area contributed by atoms with Crippen molar-refractivity contribution in [2.45, 2.75) is 31.8 Å². The van der Waals surface area contributed by atoms with Crippen molar-refractivity contribution in [3.05, 3.63) is 53.1 Å². The first-order valence-electron chi connectivity index (χ1n) is 9.70. The summed E-state index contributed by atoms with van der Waals surface area (Å²) in [5.41, 5.74) is 0.834. The molecule has 0 aliphatic carbocycles. The van der Waals surface area contributed by atoms with Crippen LogP contribution in [0.25, 0.3) is 0 Å². The van der Waals surface area contributed by atoms with Gasteiger partial charge in [0.05, 0.1) is 23.7 Å². The molecule has 2 heterocycles. The molecule has 0 aromatic heterocycles. The zero-order valence-electron chi connectivity index (χ0n) is 16.6. The number of amides is 2. The van der Waals surface area contributed by atoms with Crippen LogP contribution in [0.15, 0.2) is 42.5 Å². The van der Waals surface area contributed by atoms with E-state index in [1.807, 2.05) is 12.1 Å². The Morgan fingerprint density at radius 1 is 1.24 bits per heavy atom. The molecule has 152 valence electrons. The number of hydrogen-bond acceptors (Lipinski definition) is 4. The van der Waals surface area contributed by atoms with Gasteiger partial charge >= 0.3 is 0 Å². The number of para-hydroxylation sites is 1. The Bertz CT molecular complexity index is 960. The Labute approximate surface area is 175 Å². The summed E-state index contributed by atoms with van der Waals surface area (Å²) < 4.78 is 5.17. The lowest BCUT2D eigenvalue weighted by molar-refractivity contribution is -0.130. The quantitative estimate of drug-likeness (QED) is 0.712. The molecule has 2 aliphatic rings. The number of carbonyl (C=O) groups is 2. The average molecular weight is 414 g/mol. The second-order valence-electron chi connectivity index (χ2n) is 7.93. The normalized spacial score (nSPS) is 25.2. The highest BCUT2D eigenvalue weighted by Gasteiger charge is 2.60. The van der Waals surface area contributed by atoms with E-state index in [0.717, 1.165) is 5.56 Å². The van der Waals surface area contributed by atoms with Gasteiger partial charge < -0.3 is 15.4 Å². The van der Waals surface area contributed by atoms with E-state index in [-0.39, 0.29) is 23.8 Å². The first kappa shape index (κ1) is 19.7. The summed E-state index contributed by atoms with van der Waals surface area (Å²) in [4.78, 5) is 26.5. The second kappa shape index (κ2) is 7.35. The number of halogens is 1. The monoisotopic (exact) mass is 413 g/mol. The maximum atomic E-state index is 13.3. The summed E-state index contributed by atoms with van der Waals surface area (Å²) in [5, 5.41) is 9.81. The van der Waals surface area contributed by atoms with Gasteiger partial charge in [-0.15, -0.1) is 0 Å². The predicted octanol–water partition coefficient (Wildman–Crippen LogP) is 3.77. The Morgan fingerprint density at radius 2 is 1.97 bits per heavy atom. The fraction of sp³-hybridized carbons (Fsp3) is 0.364. The molecule has 0 unspecified atom stereocenters. The van der Waals surface area contributed by atoms with Crippen molar-refractivity contribution >= 4 is 34.8 Å². The minimum Gasteiger partial charge on any atom is -0.497 e. The van der Waals surface area contributed by atoms with E-state index in [0.29, 0.717) is 28.6 Å². The van der Waals surface area contributed by atoms with Gasteiger partial charge in [0.1, 0.15) is 11.3 Å². The van der Waals surface area contributed by atoms with Crippen molar-refractivity contribution in [1.29, 1.82) is 0 Å². The van der Waals surface area contributed by atoms with E-state index in [4.69, 9.17) is 16.3 Å². The molecule has 0 bridgehead atoms. The summed E-state index contributed by atoms with van der Waals surface area (Å²) in [5.74, 6) is -0.0357. The van der Waals surface area contributed by atoms with Crippen molar-refractivity contribution in [2.75, 3.05) is 17.7 Å². The predicted molar refractivity (Wildman–Crippen MR) is 113 cm³/mol. The van der Waals surface area contributed by atoms with Crippen molar-refractivity contribution in [1.82, 2.24) is 5.32 Å². The fourth-order valence-electron chi connectivity index (χ4n) is 4.33. The van der Waals surface area contributed by atoms with E-state index in [1.54, 1.807) is 37.4 Å². The second-order valence-corrected chi connectivity index (χ2v) is 8.33. The van der Waals surface area contributed by atoms with Gasteiger partial charge in [0, 0.05) is 17.3 Å². The molecule has 29 heavy (non-hydrogen) atoms. The molecule has 1 spiro atoms. The zero-order valence-corrected chi connectivity index (χ0v) is 17.3. The molecule has 2 aromatic rings. The highest BCUT2D eigenvalue weighted by atomic mass is 35.5. The van der Waals surface area contributed by atoms with E-state index in [1.165, 1.54) is 0 Å². The number of benzene rings is 2. The van der Waals surface area contributed by atoms with Gasteiger partial charge in [0.15, 0.2) is 0 Å². The molecule has 1 fully saturated rings. The Morgan fingerprint density at radius 3 is 2.62 bits per heavy atom. The average Bonchev–Trinajstić information content (AvgIpc) is 3.24. The van der Waals surface area contributed by atoms with Crippen LogP contribution < -0.4 is 20.7 Å². The number of rotatable bonds is 4. The molecule has 3 atom stereocenters. The number of ether oxygens (including phenoxy) is 1. The zero-order chi connectivity index (χ0) is 20.8. The molecule has 3 N–H and O–H groups in total. The molecule has 0 saturated carbocycles. The summed E-state index contributed by atoms with van der Waals surface area (Å²) in [7, 11) is 1.59. The summed E-state index contributed by atoms with van der Waals surface area (Å²) in [6.45, 7) is 4.17. The summed E-state index contributed by atoms with van der Waals surface area (Å²) >= 11 is 6.33. The summed E-state index contributed by atoms with van der Waals surface area (Å²) in [6.07, 6.45) is 0.555. The summed E-state index contributed by atoms with van der Waals surface area (Å²) in [6, 6.07) is 12.6. The minimum absolute atomic E-state index is 0.0253. The number of carbonyl (C=O) groups excluding carboxylic acids is 2. The lowest BCUT2D eigenvalue weighted by Gasteiger charge is -2.29. The third kappa shape index (κ3) is 3.16.